The fourth-order valence-electron chi connectivity index (χ4n) is 2.94. The van der Waals surface area contributed by atoms with Gasteiger partial charge < -0.3 is 9.88 Å². The Labute approximate surface area is 116 Å². The summed E-state index contributed by atoms with van der Waals surface area (Å²) in [4.78, 5) is 14.5. The molecular weight excluding hydrogens is 252 g/mol. The van der Waals surface area contributed by atoms with Crippen molar-refractivity contribution in [3.8, 4) is 0 Å². The van der Waals surface area contributed by atoms with Crippen LogP contribution in [0.4, 0.5) is 5.82 Å². The Kier molecular flexibility index (Phi) is 2.48. The lowest BCUT2D eigenvalue weighted by molar-refractivity contribution is 0.494. The van der Waals surface area contributed by atoms with Gasteiger partial charge in [-0.3, -0.25) is 4.68 Å². The normalized spacial score (nSPS) is 19.1. The molecule has 1 aliphatic rings. The smallest absolute Gasteiger partial charge is 0.156 e. The lowest BCUT2D eigenvalue weighted by atomic mass is 10.3. The number of fused-ring (bicyclic) bond motifs is 1. The van der Waals surface area contributed by atoms with Crippen molar-refractivity contribution >= 4 is 16.9 Å². The second-order valence-electron chi connectivity index (χ2n) is 5.28. The van der Waals surface area contributed by atoms with Crippen LogP contribution < -0.4 is 4.90 Å². The van der Waals surface area contributed by atoms with Crippen LogP contribution in [0, 0.1) is 6.92 Å². The summed E-state index contributed by atoms with van der Waals surface area (Å²) in [6.07, 6.45) is 6.60. The highest BCUT2D eigenvalue weighted by molar-refractivity contribution is 5.86. The largest absolute Gasteiger partial charge is 0.354 e. The average molecular weight is 268 g/mol. The number of aryl methyl sites for hydroxylation is 1. The molecule has 1 unspecified atom stereocenters. The number of aromatic nitrogens is 5. The zero-order valence-electron chi connectivity index (χ0n) is 11.3. The standard InChI is InChI=1S/C14H16N6/c1-10-7-12-13(18-10)14(16-9-15-12)19-6-3-11(8-19)20-5-2-4-17-20/h2,4-5,7,9,11,18H,3,6,8H2,1H3. The number of hydrogen-bond acceptors (Lipinski definition) is 4. The van der Waals surface area contributed by atoms with Crippen molar-refractivity contribution in [1.29, 1.82) is 0 Å². The van der Waals surface area contributed by atoms with Crippen LogP contribution in [0.2, 0.25) is 0 Å². The van der Waals surface area contributed by atoms with Crippen LogP contribution in [0.15, 0.2) is 30.9 Å². The van der Waals surface area contributed by atoms with Gasteiger partial charge in [-0.05, 0) is 25.5 Å². The van der Waals surface area contributed by atoms with E-state index in [1.165, 1.54) is 0 Å². The van der Waals surface area contributed by atoms with E-state index < -0.39 is 0 Å². The maximum atomic E-state index is 4.47. The molecule has 0 radical (unpaired) electrons. The van der Waals surface area contributed by atoms with Gasteiger partial charge in [-0.2, -0.15) is 5.10 Å². The number of anilines is 1. The molecule has 4 rings (SSSR count). The molecule has 0 spiro atoms. The SMILES string of the molecule is Cc1cc2ncnc(N3CCC(n4cccn4)C3)c2[nH]1. The summed E-state index contributed by atoms with van der Waals surface area (Å²) in [5.41, 5.74) is 3.13. The zero-order chi connectivity index (χ0) is 13.5. The highest BCUT2D eigenvalue weighted by atomic mass is 15.3. The minimum absolute atomic E-state index is 0.422. The van der Waals surface area contributed by atoms with E-state index in [1.54, 1.807) is 6.33 Å². The average Bonchev–Trinajstić information content (AvgIpc) is 3.17. The molecule has 0 amide bonds. The third kappa shape index (κ3) is 1.76. The summed E-state index contributed by atoms with van der Waals surface area (Å²) in [5.74, 6) is 0.998. The third-order valence-corrected chi connectivity index (χ3v) is 3.89. The summed E-state index contributed by atoms with van der Waals surface area (Å²) in [5, 5.41) is 4.34. The molecule has 1 saturated heterocycles. The molecule has 3 aromatic heterocycles. The molecule has 4 heterocycles. The van der Waals surface area contributed by atoms with Crippen LogP contribution in [-0.2, 0) is 0 Å². The van der Waals surface area contributed by atoms with Crippen LogP contribution >= 0.6 is 0 Å². The van der Waals surface area contributed by atoms with Crippen LogP contribution in [0.1, 0.15) is 18.2 Å². The van der Waals surface area contributed by atoms with Crippen molar-refractivity contribution < 1.29 is 0 Å². The molecule has 102 valence electrons. The van der Waals surface area contributed by atoms with E-state index in [-0.39, 0.29) is 0 Å². The molecule has 6 heteroatoms. The van der Waals surface area contributed by atoms with E-state index in [0.29, 0.717) is 6.04 Å². The zero-order valence-corrected chi connectivity index (χ0v) is 11.3. The maximum Gasteiger partial charge on any atom is 0.156 e. The van der Waals surface area contributed by atoms with Crippen LogP contribution in [0.25, 0.3) is 11.0 Å². The quantitative estimate of drug-likeness (QED) is 0.771. The lowest BCUT2D eigenvalue weighted by Gasteiger charge is -2.18. The van der Waals surface area contributed by atoms with Gasteiger partial charge in [-0.1, -0.05) is 0 Å². The molecule has 6 nitrogen and oxygen atoms in total. The van der Waals surface area contributed by atoms with Gasteiger partial charge in [0.1, 0.15) is 11.8 Å². The van der Waals surface area contributed by atoms with Crippen molar-refractivity contribution in [2.75, 3.05) is 18.0 Å². The van der Waals surface area contributed by atoms with Gasteiger partial charge in [0.2, 0.25) is 0 Å². The van der Waals surface area contributed by atoms with E-state index in [1.807, 2.05) is 30.1 Å². The molecular formula is C14H16N6. The summed E-state index contributed by atoms with van der Waals surface area (Å²) in [6.45, 7) is 3.97. The number of nitrogens with zero attached hydrogens (tertiary/aromatic N) is 5. The van der Waals surface area contributed by atoms with Crippen LogP contribution in [0.3, 0.4) is 0 Å². The Balaban J connectivity index is 1.67. The summed E-state index contributed by atoms with van der Waals surface area (Å²) >= 11 is 0. The number of rotatable bonds is 2. The number of nitrogens with one attached hydrogen (secondary N) is 1. The first kappa shape index (κ1) is 11.5. The van der Waals surface area contributed by atoms with Gasteiger partial charge >= 0.3 is 0 Å². The van der Waals surface area contributed by atoms with Gasteiger partial charge in [0, 0.05) is 31.2 Å². The van der Waals surface area contributed by atoms with Gasteiger partial charge in [0.05, 0.1) is 11.6 Å². The van der Waals surface area contributed by atoms with Crippen LogP contribution in [0.5, 0.6) is 0 Å². The van der Waals surface area contributed by atoms with E-state index in [4.69, 9.17) is 0 Å². The van der Waals surface area contributed by atoms with Crippen molar-refractivity contribution in [3.05, 3.63) is 36.5 Å². The maximum absolute atomic E-state index is 4.47. The molecule has 0 bridgehead atoms. The third-order valence-electron chi connectivity index (χ3n) is 3.89. The topological polar surface area (TPSA) is 62.6 Å². The first-order valence-electron chi connectivity index (χ1n) is 6.85. The Bertz CT molecular complexity index is 729. The van der Waals surface area contributed by atoms with Gasteiger partial charge in [-0.15, -0.1) is 0 Å². The highest BCUT2D eigenvalue weighted by Gasteiger charge is 2.26. The van der Waals surface area contributed by atoms with Gasteiger partial charge in [0.25, 0.3) is 0 Å². The minimum atomic E-state index is 0.422. The van der Waals surface area contributed by atoms with E-state index in [9.17, 15) is 0 Å². The van der Waals surface area contributed by atoms with Crippen molar-refractivity contribution in [2.45, 2.75) is 19.4 Å². The molecule has 0 aliphatic carbocycles. The Morgan fingerprint density at radius 2 is 2.30 bits per heavy atom. The number of aromatic amines is 1. The Morgan fingerprint density at radius 1 is 1.35 bits per heavy atom. The first-order chi connectivity index (χ1) is 9.81. The lowest BCUT2D eigenvalue weighted by Crippen LogP contribution is -2.22. The summed E-state index contributed by atoms with van der Waals surface area (Å²) < 4.78 is 2.04. The van der Waals surface area contributed by atoms with Gasteiger partial charge in [-0.25, -0.2) is 9.97 Å². The molecule has 0 saturated carbocycles. The van der Waals surface area contributed by atoms with Gasteiger partial charge in [0.15, 0.2) is 5.82 Å². The predicted molar refractivity (Wildman–Crippen MR) is 76.7 cm³/mol. The molecule has 1 atom stereocenters. The molecule has 20 heavy (non-hydrogen) atoms. The minimum Gasteiger partial charge on any atom is -0.354 e. The van der Waals surface area contributed by atoms with Crippen molar-refractivity contribution in [2.24, 2.45) is 0 Å². The molecule has 0 aromatic carbocycles. The highest BCUT2D eigenvalue weighted by Crippen LogP contribution is 2.29. The molecule has 1 fully saturated rings. The van der Waals surface area contributed by atoms with Crippen LogP contribution in [-0.4, -0.2) is 37.8 Å². The summed E-state index contributed by atoms with van der Waals surface area (Å²) in [6, 6.07) is 4.45. The van der Waals surface area contributed by atoms with E-state index in [0.717, 1.165) is 42.1 Å². The second-order valence-corrected chi connectivity index (χ2v) is 5.28. The summed E-state index contributed by atoms with van der Waals surface area (Å²) in [7, 11) is 0. The molecule has 1 N–H and O–H groups in total. The fraction of sp³-hybridized carbons (Fsp3) is 0.357. The predicted octanol–water partition coefficient (Wildman–Crippen LogP) is 1.91. The molecule has 3 aromatic rings. The Morgan fingerprint density at radius 3 is 3.15 bits per heavy atom. The first-order valence-corrected chi connectivity index (χ1v) is 6.85. The fourth-order valence-corrected chi connectivity index (χ4v) is 2.94. The van der Waals surface area contributed by atoms with Crippen molar-refractivity contribution in [1.82, 2.24) is 24.7 Å². The van der Waals surface area contributed by atoms with Crippen molar-refractivity contribution in [3.63, 3.8) is 0 Å². The number of hydrogen-bond donors (Lipinski definition) is 1. The second kappa shape index (κ2) is 4.33. The number of H-pyrrole nitrogens is 1. The molecule has 1 aliphatic heterocycles. The monoisotopic (exact) mass is 268 g/mol. The Hall–Kier alpha value is -2.37. The van der Waals surface area contributed by atoms with E-state index in [2.05, 4.69) is 31.0 Å². The van der Waals surface area contributed by atoms with E-state index >= 15 is 0 Å².